The largest absolute Gasteiger partial charge is 0.369 e. The number of anilines is 1. The van der Waals surface area contributed by atoms with Crippen LogP contribution in [0.2, 0.25) is 0 Å². The molecule has 0 fully saturated rings. The van der Waals surface area contributed by atoms with E-state index in [-0.39, 0.29) is 11.8 Å². The van der Waals surface area contributed by atoms with Crippen LogP contribution in [0.25, 0.3) is 16.7 Å². The van der Waals surface area contributed by atoms with Crippen LogP contribution in [0.3, 0.4) is 0 Å². The molecule has 0 aliphatic rings. The van der Waals surface area contributed by atoms with Crippen molar-refractivity contribution in [2.75, 3.05) is 5.73 Å². The molecule has 0 atom stereocenters. The van der Waals surface area contributed by atoms with Crippen molar-refractivity contribution in [1.82, 2.24) is 9.55 Å². The Balaban J connectivity index is 2.37. The Morgan fingerprint density at radius 1 is 1.05 bits per heavy atom. The molecule has 0 bridgehead atoms. The van der Waals surface area contributed by atoms with Gasteiger partial charge in [0.05, 0.1) is 25.7 Å². The molecule has 2 aromatic carbocycles. The molecule has 0 saturated heterocycles. The highest BCUT2D eigenvalue weighted by Gasteiger charge is 2.16. The molecule has 0 aliphatic heterocycles. The summed E-state index contributed by atoms with van der Waals surface area (Å²) in [6.07, 6.45) is 0. The van der Waals surface area contributed by atoms with Gasteiger partial charge >= 0.3 is 0 Å². The third-order valence-corrected chi connectivity index (χ3v) is 4.42. The molecular formula is C14H9Br2F2N3. The van der Waals surface area contributed by atoms with Gasteiger partial charge < -0.3 is 5.73 Å². The number of nitrogen functional groups attached to an aromatic ring is 1. The molecule has 0 radical (unpaired) electrons. The van der Waals surface area contributed by atoms with Crippen LogP contribution in [0, 0.1) is 18.6 Å². The van der Waals surface area contributed by atoms with E-state index in [0.29, 0.717) is 31.2 Å². The fraction of sp³-hybridized carbons (Fsp3) is 0.0714. The molecule has 0 amide bonds. The number of imidazole rings is 1. The fourth-order valence-corrected chi connectivity index (χ4v) is 2.88. The molecular weight excluding hydrogens is 408 g/mol. The third-order valence-electron chi connectivity index (χ3n) is 3.20. The number of aromatic nitrogens is 2. The van der Waals surface area contributed by atoms with Gasteiger partial charge in [0.2, 0.25) is 5.95 Å². The SMILES string of the molecule is Cc1cc(F)c(Br)cc1-n1c(N)nc2cc(Br)c(F)cc21. The lowest BCUT2D eigenvalue weighted by Crippen LogP contribution is -2.03. The van der Waals surface area contributed by atoms with E-state index < -0.39 is 5.82 Å². The average Bonchev–Trinajstić information content (AvgIpc) is 2.70. The molecule has 7 heteroatoms. The van der Waals surface area contributed by atoms with Gasteiger partial charge in [0, 0.05) is 6.07 Å². The first kappa shape index (κ1) is 14.5. The maximum absolute atomic E-state index is 13.8. The number of rotatable bonds is 1. The number of fused-ring (bicyclic) bond motifs is 1. The first-order chi connectivity index (χ1) is 9.88. The van der Waals surface area contributed by atoms with Crippen LogP contribution in [-0.2, 0) is 0 Å². The number of nitrogens with two attached hydrogens (primary N) is 1. The van der Waals surface area contributed by atoms with Gasteiger partial charge in [-0.15, -0.1) is 0 Å². The lowest BCUT2D eigenvalue weighted by Gasteiger charge is -2.11. The smallest absolute Gasteiger partial charge is 0.205 e. The molecule has 1 aromatic heterocycles. The van der Waals surface area contributed by atoms with Crippen molar-refractivity contribution < 1.29 is 8.78 Å². The maximum Gasteiger partial charge on any atom is 0.205 e. The van der Waals surface area contributed by atoms with Crippen molar-refractivity contribution >= 4 is 48.8 Å². The normalized spacial score (nSPS) is 11.3. The summed E-state index contributed by atoms with van der Waals surface area (Å²) in [5, 5.41) is 0. The van der Waals surface area contributed by atoms with Gasteiger partial charge in [0.1, 0.15) is 11.6 Å². The first-order valence-corrected chi connectivity index (χ1v) is 7.56. The highest BCUT2D eigenvalue weighted by Crippen LogP contribution is 2.31. The number of aryl methyl sites for hydroxylation is 1. The lowest BCUT2D eigenvalue weighted by atomic mass is 10.2. The van der Waals surface area contributed by atoms with E-state index in [1.807, 2.05) is 0 Å². The Morgan fingerprint density at radius 3 is 2.38 bits per heavy atom. The van der Waals surface area contributed by atoms with Gasteiger partial charge in [-0.3, -0.25) is 4.57 Å². The number of benzene rings is 2. The van der Waals surface area contributed by atoms with Crippen LogP contribution < -0.4 is 5.73 Å². The average molecular weight is 417 g/mol. The maximum atomic E-state index is 13.8. The third kappa shape index (κ3) is 2.34. The minimum Gasteiger partial charge on any atom is -0.369 e. The Kier molecular flexibility index (Phi) is 3.49. The van der Waals surface area contributed by atoms with Crippen LogP contribution in [0.15, 0.2) is 33.2 Å². The zero-order valence-corrected chi connectivity index (χ0v) is 14.0. The van der Waals surface area contributed by atoms with E-state index in [2.05, 4.69) is 36.8 Å². The van der Waals surface area contributed by atoms with Gasteiger partial charge in [-0.1, -0.05) is 0 Å². The summed E-state index contributed by atoms with van der Waals surface area (Å²) in [6.45, 7) is 1.76. The van der Waals surface area contributed by atoms with Crippen LogP contribution in [0.1, 0.15) is 5.56 Å². The minimum atomic E-state index is -0.414. The Morgan fingerprint density at radius 2 is 1.67 bits per heavy atom. The molecule has 3 rings (SSSR count). The number of hydrogen-bond donors (Lipinski definition) is 1. The van der Waals surface area contributed by atoms with E-state index >= 15 is 0 Å². The minimum absolute atomic E-state index is 0.212. The van der Waals surface area contributed by atoms with Crippen molar-refractivity contribution in [3.8, 4) is 5.69 Å². The summed E-state index contributed by atoms with van der Waals surface area (Å²) in [5.74, 6) is -0.570. The Labute approximate surface area is 136 Å². The number of halogens is 4. The molecule has 1 heterocycles. The molecule has 0 aliphatic carbocycles. The zero-order chi connectivity index (χ0) is 15.3. The van der Waals surface area contributed by atoms with Crippen molar-refractivity contribution in [3.05, 3.63) is 50.4 Å². The predicted molar refractivity (Wildman–Crippen MR) is 85.5 cm³/mol. The summed E-state index contributed by atoms with van der Waals surface area (Å²) in [6, 6.07) is 5.90. The molecule has 3 aromatic rings. The van der Waals surface area contributed by atoms with E-state index in [4.69, 9.17) is 5.73 Å². The van der Waals surface area contributed by atoms with Gasteiger partial charge in [0.25, 0.3) is 0 Å². The first-order valence-electron chi connectivity index (χ1n) is 5.97. The standard InChI is InChI=1S/C14H9Br2F2N3/c1-6-2-9(17)8(16)4-12(6)21-13-5-10(18)7(15)3-11(13)20-14(21)19/h2-5H,1H3,(H2,19,20). The summed E-state index contributed by atoms with van der Waals surface area (Å²) in [7, 11) is 0. The van der Waals surface area contributed by atoms with Crippen LogP contribution in [0.4, 0.5) is 14.7 Å². The number of hydrogen-bond acceptors (Lipinski definition) is 2. The van der Waals surface area contributed by atoms with Gasteiger partial charge in [-0.2, -0.15) is 0 Å². The Bertz CT molecular complexity index is 875. The predicted octanol–water partition coefficient (Wildman–Crippen LogP) is 4.72. The van der Waals surface area contributed by atoms with E-state index in [1.165, 1.54) is 12.1 Å². The van der Waals surface area contributed by atoms with Crippen LogP contribution in [0.5, 0.6) is 0 Å². The van der Waals surface area contributed by atoms with Crippen molar-refractivity contribution in [2.24, 2.45) is 0 Å². The molecule has 0 unspecified atom stereocenters. The molecule has 2 N–H and O–H groups in total. The summed E-state index contributed by atoms with van der Waals surface area (Å²) in [4.78, 5) is 4.22. The van der Waals surface area contributed by atoms with Gasteiger partial charge in [0.15, 0.2) is 0 Å². The number of nitrogens with zero attached hydrogens (tertiary/aromatic N) is 2. The van der Waals surface area contributed by atoms with Crippen molar-refractivity contribution in [1.29, 1.82) is 0 Å². The molecule has 0 saturated carbocycles. The molecule has 21 heavy (non-hydrogen) atoms. The fourth-order valence-electron chi connectivity index (χ4n) is 2.22. The summed E-state index contributed by atoms with van der Waals surface area (Å²) >= 11 is 6.27. The highest BCUT2D eigenvalue weighted by atomic mass is 79.9. The van der Waals surface area contributed by atoms with Gasteiger partial charge in [-0.05, 0) is 62.5 Å². The van der Waals surface area contributed by atoms with Gasteiger partial charge in [-0.25, -0.2) is 13.8 Å². The molecule has 3 nitrogen and oxygen atoms in total. The van der Waals surface area contributed by atoms with Crippen LogP contribution >= 0.6 is 31.9 Å². The molecule has 108 valence electrons. The summed E-state index contributed by atoms with van der Waals surface area (Å²) in [5.41, 5.74) is 8.34. The summed E-state index contributed by atoms with van der Waals surface area (Å²) < 4.78 is 29.6. The molecule has 0 spiro atoms. The monoisotopic (exact) mass is 415 g/mol. The zero-order valence-electron chi connectivity index (χ0n) is 10.8. The second-order valence-corrected chi connectivity index (χ2v) is 6.32. The van der Waals surface area contributed by atoms with E-state index in [0.717, 1.165) is 0 Å². The second-order valence-electron chi connectivity index (χ2n) is 4.61. The van der Waals surface area contributed by atoms with E-state index in [1.54, 1.807) is 23.6 Å². The highest BCUT2D eigenvalue weighted by molar-refractivity contribution is 9.10. The Hall–Kier alpha value is -1.47. The topological polar surface area (TPSA) is 43.8 Å². The van der Waals surface area contributed by atoms with Crippen molar-refractivity contribution in [3.63, 3.8) is 0 Å². The second kappa shape index (κ2) is 5.06. The lowest BCUT2D eigenvalue weighted by molar-refractivity contribution is 0.619. The van der Waals surface area contributed by atoms with Crippen LogP contribution in [-0.4, -0.2) is 9.55 Å². The van der Waals surface area contributed by atoms with Crippen molar-refractivity contribution in [2.45, 2.75) is 6.92 Å². The van der Waals surface area contributed by atoms with E-state index in [9.17, 15) is 8.78 Å². The quantitative estimate of drug-likeness (QED) is 0.623.